The number of nitrogens with zero attached hydrogens (tertiary/aromatic N) is 2. The molecule has 0 bridgehead atoms. The van der Waals surface area contributed by atoms with Gasteiger partial charge in [-0.3, -0.25) is 4.79 Å². The standard InChI is InChI=1S/C19H18N2O2/c1-14-8-10-15(11-9-14)18-12-16(20-23-18)13-19(22)21(2)17-6-4-3-5-7-17/h3-12H,13H2,1-2H3. The molecule has 23 heavy (non-hydrogen) atoms. The van der Waals surface area contributed by atoms with Gasteiger partial charge in [-0.1, -0.05) is 53.2 Å². The van der Waals surface area contributed by atoms with Gasteiger partial charge in [-0.2, -0.15) is 0 Å². The number of amides is 1. The number of carbonyl (C=O) groups excluding carboxylic acids is 1. The molecule has 0 unspecified atom stereocenters. The van der Waals surface area contributed by atoms with Crippen LogP contribution in [0.15, 0.2) is 65.2 Å². The van der Waals surface area contributed by atoms with Crippen molar-refractivity contribution in [1.29, 1.82) is 0 Å². The predicted molar refractivity (Wildman–Crippen MR) is 90.2 cm³/mol. The number of anilines is 1. The van der Waals surface area contributed by atoms with Gasteiger partial charge in [-0.15, -0.1) is 0 Å². The molecule has 0 aliphatic rings. The Morgan fingerprint density at radius 1 is 1.09 bits per heavy atom. The highest BCUT2D eigenvalue weighted by atomic mass is 16.5. The van der Waals surface area contributed by atoms with E-state index in [-0.39, 0.29) is 12.3 Å². The normalized spacial score (nSPS) is 10.5. The van der Waals surface area contributed by atoms with Gasteiger partial charge in [0.1, 0.15) is 0 Å². The number of para-hydroxylation sites is 1. The predicted octanol–water partition coefficient (Wildman–Crippen LogP) is 3.86. The average Bonchev–Trinajstić information content (AvgIpc) is 3.04. The Kier molecular flexibility index (Phi) is 4.24. The van der Waals surface area contributed by atoms with E-state index in [2.05, 4.69) is 5.16 Å². The maximum atomic E-state index is 12.3. The Balaban J connectivity index is 1.71. The Hall–Kier alpha value is -2.88. The van der Waals surface area contributed by atoms with Crippen molar-refractivity contribution in [3.8, 4) is 11.3 Å². The number of aromatic nitrogens is 1. The van der Waals surface area contributed by atoms with Gasteiger partial charge in [0.15, 0.2) is 5.76 Å². The Morgan fingerprint density at radius 2 is 1.78 bits per heavy atom. The van der Waals surface area contributed by atoms with Crippen LogP contribution in [0.25, 0.3) is 11.3 Å². The van der Waals surface area contributed by atoms with Crippen molar-refractivity contribution < 1.29 is 9.32 Å². The van der Waals surface area contributed by atoms with Crippen LogP contribution in [0.3, 0.4) is 0 Å². The van der Waals surface area contributed by atoms with E-state index in [1.165, 1.54) is 5.56 Å². The summed E-state index contributed by atoms with van der Waals surface area (Å²) in [5.74, 6) is 0.648. The van der Waals surface area contributed by atoms with Crippen molar-refractivity contribution in [2.75, 3.05) is 11.9 Å². The highest BCUT2D eigenvalue weighted by Gasteiger charge is 2.15. The topological polar surface area (TPSA) is 46.3 Å². The lowest BCUT2D eigenvalue weighted by molar-refractivity contribution is -0.117. The molecule has 0 atom stereocenters. The molecule has 1 heterocycles. The van der Waals surface area contributed by atoms with Gasteiger partial charge in [0, 0.05) is 24.4 Å². The van der Waals surface area contributed by atoms with Crippen LogP contribution < -0.4 is 4.90 Å². The maximum absolute atomic E-state index is 12.3. The van der Waals surface area contributed by atoms with E-state index in [1.54, 1.807) is 11.9 Å². The SMILES string of the molecule is Cc1ccc(-c2cc(CC(=O)N(C)c3ccccc3)no2)cc1. The molecule has 0 N–H and O–H groups in total. The Bertz CT molecular complexity index is 792. The summed E-state index contributed by atoms with van der Waals surface area (Å²) < 4.78 is 5.36. The molecule has 3 rings (SSSR count). The van der Waals surface area contributed by atoms with E-state index in [0.717, 1.165) is 11.3 Å². The third-order valence-electron chi connectivity index (χ3n) is 3.74. The van der Waals surface area contributed by atoms with Crippen molar-refractivity contribution in [2.24, 2.45) is 0 Å². The average molecular weight is 306 g/mol. The van der Waals surface area contributed by atoms with Gasteiger partial charge in [-0.25, -0.2) is 0 Å². The number of likely N-dealkylation sites (N-methyl/N-ethyl adjacent to an activating group) is 1. The number of hydrogen-bond donors (Lipinski definition) is 0. The lowest BCUT2D eigenvalue weighted by Gasteiger charge is -2.16. The fourth-order valence-corrected chi connectivity index (χ4v) is 2.32. The molecule has 1 aromatic heterocycles. The number of hydrogen-bond acceptors (Lipinski definition) is 3. The van der Waals surface area contributed by atoms with E-state index in [0.29, 0.717) is 11.5 Å². The monoisotopic (exact) mass is 306 g/mol. The molecule has 0 saturated heterocycles. The van der Waals surface area contributed by atoms with Crippen molar-refractivity contribution in [3.05, 3.63) is 71.9 Å². The summed E-state index contributed by atoms with van der Waals surface area (Å²) in [6, 6.07) is 19.4. The molecule has 0 saturated carbocycles. The first-order valence-corrected chi connectivity index (χ1v) is 7.48. The van der Waals surface area contributed by atoms with Crippen molar-refractivity contribution in [2.45, 2.75) is 13.3 Å². The first-order valence-electron chi connectivity index (χ1n) is 7.48. The van der Waals surface area contributed by atoms with E-state index >= 15 is 0 Å². The summed E-state index contributed by atoms with van der Waals surface area (Å²) in [6.07, 6.45) is 0.209. The minimum Gasteiger partial charge on any atom is -0.356 e. The van der Waals surface area contributed by atoms with Crippen LogP contribution in [0.1, 0.15) is 11.3 Å². The number of benzene rings is 2. The molecule has 2 aromatic carbocycles. The Morgan fingerprint density at radius 3 is 2.48 bits per heavy atom. The molecule has 116 valence electrons. The van der Waals surface area contributed by atoms with Crippen LogP contribution in [0, 0.1) is 6.92 Å². The van der Waals surface area contributed by atoms with E-state index in [1.807, 2.05) is 67.6 Å². The molecule has 4 heteroatoms. The number of carbonyl (C=O) groups is 1. The molecular formula is C19H18N2O2. The molecule has 0 aliphatic carbocycles. The van der Waals surface area contributed by atoms with Crippen LogP contribution in [0.5, 0.6) is 0 Å². The zero-order chi connectivity index (χ0) is 16.2. The molecule has 3 aromatic rings. The summed E-state index contributed by atoms with van der Waals surface area (Å²) in [5.41, 5.74) is 3.64. The van der Waals surface area contributed by atoms with Crippen molar-refractivity contribution in [3.63, 3.8) is 0 Å². The van der Waals surface area contributed by atoms with Gasteiger partial charge in [-0.05, 0) is 19.1 Å². The van der Waals surface area contributed by atoms with Crippen LogP contribution in [0.2, 0.25) is 0 Å². The van der Waals surface area contributed by atoms with Crippen LogP contribution in [-0.4, -0.2) is 18.1 Å². The lowest BCUT2D eigenvalue weighted by atomic mass is 10.1. The largest absolute Gasteiger partial charge is 0.356 e. The number of rotatable bonds is 4. The van der Waals surface area contributed by atoms with Crippen LogP contribution in [-0.2, 0) is 11.2 Å². The molecular weight excluding hydrogens is 288 g/mol. The smallest absolute Gasteiger partial charge is 0.232 e. The summed E-state index contributed by atoms with van der Waals surface area (Å²) in [7, 11) is 1.76. The zero-order valence-corrected chi connectivity index (χ0v) is 13.2. The second-order valence-corrected chi connectivity index (χ2v) is 5.51. The van der Waals surface area contributed by atoms with E-state index in [4.69, 9.17) is 4.52 Å². The van der Waals surface area contributed by atoms with Gasteiger partial charge >= 0.3 is 0 Å². The van der Waals surface area contributed by atoms with Crippen LogP contribution in [0.4, 0.5) is 5.69 Å². The highest BCUT2D eigenvalue weighted by Crippen LogP contribution is 2.21. The van der Waals surface area contributed by atoms with E-state index in [9.17, 15) is 4.79 Å². The fraction of sp³-hybridized carbons (Fsp3) is 0.158. The van der Waals surface area contributed by atoms with Gasteiger partial charge in [0.05, 0.1) is 12.1 Å². The van der Waals surface area contributed by atoms with E-state index < -0.39 is 0 Å². The molecule has 1 amide bonds. The summed E-state index contributed by atoms with van der Waals surface area (Å²) in [6.45, 7) is 2.04. The first kappa shape index (κ1) is 15.0. The minimum atomic E-state index is -0.0278. The molecule has 4 nitrogen and oxygen atoms in total. The highest BCUT2D eigenvalue weighted by molar-refractivity contribution is 5.94. The second kappa shape index (κ2) is 6.48. The summed E-state index contributed by atoms with van der Waals surface area (Å²) >= 11 is 0. The van der Waals surface area contributed by atoms with Crippen molar-refractivity contribution >= 4 is 11.6 Å². The number of aryl methyl sites for hydroxylation is 1. The summed E-state index contributed by atoms with van der Waals surface area (Å²) in [4.78, 5) is 14.0. The van der Waals surface area contributed by atoms with Crippen LogP contribution >= 0.6 is 0 Å². The molecule has 0 aliphatic heterocycles. The molecule has 0 fully saturated rings. The zero-order valence-electron chi connectivity index (χ0n) is 13.2. The third kappa shape index (κ3) is 3.48. The van der Waals surface area contributed by atoms with Crippen molar-refractivity contribution in [1.82, 2.24) is 5.16 Å². The molecule has 0 spiro atoms. The fourth-order valence-electron chi connectivity index (χ4n) is 2.32. The maximum Gasteiger partial charge on any atom is 0.232 e. The Labute approximate surface area is 135 Å². The molecule has 0 radical (unpaired) electrons. The van der Waals surface area contributed by atoms with Gasteiger partial charge in [0.2, 0.25) is 5.91 Å². The van der Waals surface area contributed by atoms with Gasteiger partial charge < -0.3 is 9.42 Å². The third-order valence-corrected chi connectivity index (χ3v) is 3.74. The summed E-state index contributed by atoms with van der Waals surface area (Å²) in [5, 5.41) is 4.01. The quantitative estimate of drug-likeness (QED) is 0.735. The first-order chi connectivity index (χ1) is 11.1. The second-order valence-electron chi connectivity index (χ2n) is 5.51. The minimum absolute atomic E-state index is 0.0278. The van der Waals surface area contributed by atoms with Gasteiger partial charge in [0.25, 0.3) is 0 Å². The lowest BCUT2D eigenvalue weighted by Crippen LogP contribution is -2.27.